The quantitative estimate of drug-likeness (QED) is 0.731. The maximum atomic E-state index is 12.2. The van der Waals surface area contributed by atoms with E-state index in [-0.39, 0.29) is 11.8 Å². The Morgan fingerprint density at radius 1 is 1.08 bits per heavy atom. The Balaban J connectivity index is 1.88. The van der Waals surface area contributed by atoms with E-state index in [9.17, 15) is 4.79 Å². The fraction of sp³-hybridized carbons (Fsp3) is 0.409. The van der Waals surface area contributed by atoms with Gasteiger partial charge in [-0.2, -0.15) is 0 Å². The van der Waals surface area contributed by atoms with Crippen molar-refractivity contribution in [2.24, 2.45) is 0 Å². The smallest absolute Gasteiger partial charge is 0.251 e. The number of halogens is 1. The highest BCUT2D eigenvalue weighted by Crippen LogP contribution is 2.34. The van der Waals surface area contributed by atoms with Gasteiger partial charge in [-0.15, -0.1) is 0 Å². The normalized spacial score (nSPS) is 16.0. The van der Waals surface area contributed by atoms with E-state index in [0.29, 0.717) is 0 Å². The van der Waals surface area contributed by atoms with Crippen LogP contribution in [0, 0.1) is 0 Å². The van der Waals surface area contributed by atoms with Crippen LogP contribution in [0.5, 0.6) is 0 Å². The number of carbonyl (C=O) groups excluding carboxylic acids is 1. The van der Waals surface area contributed by atoms with Gasteiger partial charge in [0.25, 0.3) is 5.91 Å². The second-order valence-electron chi connectivity index (χ2n) is 7.00. The van der Waals surface area contributed by atoms with E-state index in [1.54, 1.807) is 7.05 Å². The fourth-order valence-electron chi connectivity index (χ4n) is 3.76. The van der Waals surface area contributed by atoms with Crippen molar-refractivity contribution in [1.82, 2.24) is 5.32 Å². The summed E-state index contributed by atoms with van der Waals surface area (Å²) in [4.78, 5) is 14.7. The van der Waals surface area contributed by atoms with Gasteiger partial charge in [0, 0.05) is 36.1 Å². The van der Waals surface area contributed by atoms with Gasteiger partial charge < -0.3 is 10.2 Å². The SMILES string of the molecule is CNC(=O)c1ccccc1C(C)c1ccc(N2CCCCCC2)c(Br)c1. The second-order valence-corrected chi connectivity index (χ2v) is 7.85. The fourth-order valence-corrected chi connectivity index (χ4v) is 4.40. The second kappa shape index (κ2) is 8.72. The van der Waals surface area contributed by atoms with Crippen molar-refractivity contribution >= 4 is 27.5 Å². The first-order chi connectivity index (χ1) is 12.6. The van der Waals surface area contributed by atoms with Crippen molar-refractivity contribution in [3.63, 3.8) is 0 Å². The summed E-state index contributed by atoms with van der Waals surface area (Å²) in [6.07, 6.45) is 5.20. The van der Waals surface area contributed by atoms with E-state index in [1.165, 1.54) is 36.9 Å². The van der Waals surface area contributed by atoms with Crippen molar-refractivity contribution < 1.29 is 4.79 Å². The van der Waals surface area contributed by atoms with Crippen LogP contribution in [0.1, 0.15) is 60.0 Å². The molecule has 138 valence electrons. The average Bonchev–Trinajstić information content (AvgIpc) is 2.96. The van der Waals surface area contributed by atoms with Gasteiger partial charge in [0.05, 0.1) is 5.69 Å². The molecule has 0 spiro atoms. The predicted molar refractivity (Wildman–Crippen MR) is 112 cm³/mol. The molecule has 1 fully saturated rings. The number of anilines is 1. The van der Waals surface area contributed by atoms with Gasteiger partial charge in [-0.3, -0.25) is 4.79 Å². The van der Waals surface area contributed by atoms with Crippen LogP contribution in [0.2, 0.25) is 0 Å². The van der Waals surface area contributed by atoms with E-state index in [2.05, 4.69) is 51.3 Å². The summed E-state index contributed by atoms with van der Waals surface area (Å²) >= 11 is 3.79. The summed E-state index contributed by atoms with van der Waals surface area (Å²) in [5.74, 6) is 0.116. The topological polar surface area (TPSA) is 32.3 Å². The molecule has 0 saturated carbocycles. The molecule has 1 saturated heterocycles. The molecule has 3 nitrogen and oxygen atoms in total. The van der Waals surface area contributed by atoms with Crippen molar-refractivity contribution in [2.75, 3.05) is 25.0 Å². The molecular formula is C22H27BrN2O. The van der Waals surface area contributed by atoms with E-state index in [0.717, 1.165) is 28.7 Å². The van der Waals surface area contributed by atoms with Gasteiger partial charge in [0.2, 0.25) is 0 Å². The third kappa shape index (κ3) is 4.12. The minimum absolute atomic E-state index is 0.0345. The van der Waals surface area contributed by atoms with Gasteiger partial charge in [0.15, 0.2) is 0 Å². The molecule has 2 aromatic rings. The first kappa shape index (κ1) is 19.0. The molecule has 0 radical (unpaired) electrons. The van der Waals surface area contributed by atoms with Crippen molar-refractivity contribution in [2.45, 2.75) is 38.5 Å². The van der Waals surface area contributed by atoms with E-state index >= 15 is 0 Å². The van der Waals surface area contributed by atoms with Crippen LogP contribution in [0.3, 0.4) is 0 Å². The monoisotopic (exact) mass is 414 g/mol. The van der Waals surface area contributed by atoms with Crippen LogP contribution < -0.4 is 10.2 Å². The summed E-state index contributed by atoms with van der Waals surface area (Å²) in [5.41, 5.74) is 4.30. The van der Waals surface area contributed by atoms with Gasteiger partial charge in [-0.25, -0.2) is 0 Å². The molecule has 3 rings (SSSR count). The molecule has 1 heterocycles. The number of carbonyl (C=O) groups is 1. The van der Waals surface area contributed by atoms with Crippen molar-refractivity contribution in [3.8, 4) is 0 Å². The molecule has 4 heteroatoms. The lowest BCUT2D eigenvalue weighted by atomic mass is 9.89. The summed E-state index contributed by atoms with van der Waals surface area (Å²) in [6.45, 7) is 4.43. The highest BCUT2D eigenvalue weighted by Gasteiger charge is 2.18. The number of benzene rings is 2. The Labute approximate surface area is 164 Å². The molecule has 2 aromatic carbocycles. The number of hydrogen-bond acceptors (Lipinski definition) is 2. The lowest BCUT2D eigenvalue weighted by Crippen LogP contribution is -2.24. The number of hydrogen-bond donors (Lipinski definition) is 1. The molecule has 1 aliphatic rings. The van der Waals surface area contributed by atoms with E-state index in [4.69, 9.17) is 0 Å². The Morgan fingerprint density at radius 3 is 2.42 bits per heavy atom. The van der Waals surface area contributed by atoms with Crippen LogP contribution in [0.4, 0.5) is 5.69 Å². The highest BCUT2D eigenvalue weighted by atomic mass is 79.9. The third-order valence-corrected chi connectivity index (χ3v) is 5.95. The molecule has 1 atom stereocenters. The molecule has 0 aromatic heterocycles. The van der Waals surface area contributed by atoms with Crippen LogP contribution in [0.25, 0.3) is 0 Å². The molecule has 0 aliphatic carbocycles. The van der Waals surface area contributed by atoms with Crippen LogP contribution >= 0.6 is 15.9 Å². The Morgan fingerprint density at radius 2 is 1.77 bits per heavy atom. The van der Waals surface area contributed by atoms with Crippen LogP contribution in [-0.4, -0.2) is 26.0 Å². The maximum Gasteiger partial charge on any atom is 0.251 e. The molecule has 26 heavy (non-hydrogen) atoms. The van der Waals surface area contributed by atoms with Gasteiger partial charge in [-0.1, -0.05) is 44.0 Å². The summed E-state index contributed by atoms with van der Waals surface area (Å²) in [6, 6.07) is 14.5. The minimum Gasteiger partial charge on any atom is -0.371 e. The lowest BCUT2D eigenvalue weighted by molar-refractivity contribution is 0.0962. The zero-order chi connectivity index (χ0) is 18.5. The Kier molecular flexibility index (Phi) is 6.36. The van der Waals surface area contributed by atoms with Crippen LogP contribution in [0.15, 0.2) is 46.9 Å². The maximum absolute atomic E-state index is 12.2. The lowest BCUT2D eigenvalue weighted by Gasteiger charge is -2.25. The Hall–Kier alpha value is -1.81. The molecule has 1 unspecified atom stereocenters. The number of nitrogens with zero attached hydrogens (tertiary/aromatic N) is 1. The number of amides is 1. The minimum atomic E-state index is -0.0345. The largest absolute Gasteiger partial charge is 0.371 e. The summed E-state index contributed by atoms with van der Waals surface area (Å²) < 4.78 is 1.14. The first-order valence-electron chi connectivity index (χ1n) is 9.47. The van der Waals surface area contributed by atoms with E-state index in [1.807, 2.05) is 24.3 Å². The average molecular weight is 415 g/mol. The number of rotatable bonds is 4. The predicted octanol–water partition coefficient (Wildman–Crippen LogP) is 5.34. The van der Waals surface area contributed by atoms with Gasteiger partial charge in [-0.05, 0) is 58.1 Å². The molecular weight excluding hydrogens is 388 g/mol. The van der Waals surface area contributed by atoms with Gasteiger partial charge >= 0.3 is 0 Å². The zero-order valence-electron chi connectivity index (χ0n) is 15.6. The summed E-state index contributed by atoms with van der Waals surface area (Å²) in [5, 5.41) is 2.74. The van der Waals surface area contributed by atoms with Crippen molar-refractivity contribution in [1.29, 1.82) is 0 Å². The molecule has 1 N–H and O–H groups in total. The summed E-state index contributed by atoms with van der Waals surface area (Å²) in [7, 11) is 1.68. The standard InChI is InChI=1S/C22H27BrN2O/c1-16(18-9-5-6-10-19(18)22(26)24-2)17-11-12-21(20(23)15-17)25-13-7-3-4-8-14-25/h5-6,9-12,15-16H,3-4,7-8,13-14H2,1-2H3,(H,24,26). The number of nitrogens with one attached hydrogen (secondary N) is 1. The first-order valence-corrected chi connectivity index (χ1v) is 10.3. The molecule has 0 bridgehead atoms. The highest BCUT2D eigenvalue weighted by molar-refractivity contribution is 9.10. The molecule has 1 aliphatic heterocycles. The third-order valence-electron chi connectivity index (χ3n) is 5.32. The van der Waals surface area contributed by atoms with E-state index < -0.39 is 0 Å². The van der Waals surface area contributed by atoms with Crippen LogP contribution in [-0.2, 0) is 0 Å². The molecule has 1 amide bonds. The van der Waals surface area contributed by atoms with Gasteiger partial charge in [0.1, 0.15) is 0 Å². The van der Waals surface area contributed by atoms with Crippen molar-refractivity contribution in [3.05, 3.63) is 63.6 Å². The zero-order valence-corrected chi connectivity index (χ0v) is 17.2. The Bertz CT molecular complexity index is 766.